The number of rotatable bonds is 9. The molecule has 0 bridgehead atoms. The van der Waals surface area contributed by atoms with E-state index in [0.29, 0.717) is 37.1 Å². The monoisotopic (exact) mass is 470 g/mol. The van der Waals surface area contributed by atoms with Crippen LogP contribution in [0.5, 0.6) is 5.75 Å². The van der Waals surface area contributed by atoms with Crippen molar-refractivity contribution in [2.24, 2.45) is 0 Å². The molecule has 7 nitrogen and oxygen atoms in total. The Morgan fingerprint density at radius 1 is 1.12 bits per heavy atom. The van der Waals surface area contributed by atoms with Gasteiger partial charge in [0.25, 0.3) is 0 Å². The smallest absolute Gasteiger partial charge is 0.226 e. The van der Waals surface area contributed by atoms with Crippen molar-refractivity contribution in [3.8, 4) is 17.1 Å². The molecule has 3 aromatic rings. The maximum absolute atomic E-state index is 13.5. The number of benzene rings is 2. The highest BCUT2D eigenvalue weighted by Crippen LogP contribution is 2.39. The van der Waals surface area contributed by atoms with E-state index in [9.17, 15) is 9.50 Å². The van der Waals surface area contributed by atoms with Crippen LogP contribution < -0.4 is 4.74 Å². The van der Waals surface area contributed by atoms with Crippen molar-refractivity contribution in [3.05, 3.63) is 64.8 Å². The van der Waals surface area contributed by atoms with Gasteiger partial charge in [-0.3, -0.25) is 0 Å². The van der Waals surface area contributed by atoms with Crippen LogP contribution in [0.15, 0.2) is 40.9 Å². The first kappa shape index (κ1) is 24.3. The highest BCUT2D eigenvalue weighted by Gasteiger charge is 2.34. The summed E-state index contributed by atoms with van der Waals surface area (Å²) in [6.45, 7) is 4.84. The predicted molar refractivity (Wildman–Crippen MR) is 124 cm³/mol. The second-order valence-electron chi connectivity index (χ2n) is 9.00. The van der Waals surface area contributed by atoms with E-state index in [1.54, 1.807) is 0 Å². The van der Waals surface area contributed by atoms with Gasteiger partial charge in [-0.2, -0.15) is 4.98 Å². The number of hydrogen-bond donors (Lipinski definition) is 2. The summed E-state index contributed by atoms with van der Waals surface area (Å²) in [4.78, 5) is 4.62. The van der Waals surface area contributed by atoms with Gasteiger partial charge in [-0.15, -0.1) is 0 Å². The minimum atomic E-state index is -0.924. The number of aryl methyl sites for hydroxylation is 3. The molecule has 182 valence electrons. The molecule has 1 aromatic heterocycles. The van der Waals surface area contributed by atoms with Crippen molar-refractivity contribution < 1.29 is 28.6 Å². The van der Waals surface area contributed by atoms with Crippen molar-refractivity contribution in [3.63, 3.8) is 0 Å². The van der Waals surface area contributed by atoms with Gasteiger partial charge in [0.2, 0.25) is 11.7 Å². The summed E-state index contributed by atoms with van der Waals surface area (Å²) in [5.74, 6) is 1.50. The summed E-state index contributed by atoms with van der Waals surface area (Å²) in [6.07, 6.45) is 2.23. The molecule has 1 atom stereocenters. The maximum Gasteiger partial charge on any atom is 0.226 e. The third-order valence-corrected chi connectivity index (χ3v) is 6.54. The first-order valence-corrected chi connectivity index (χ1v) is 11.6. The minimum Gasteiger partial charge on any atom is -0.490 e. The molecular formula is C26H31FN2O5. The van der Waals surface area contributed by atoms with Crippen LogP contribution in [-0.4, -0.2) is 52.9 Å². The average Bonchev–Trinajstić information content (AvgIpc) is 3.32. The van der Waals surface area contributed by atoms with Gasteiger partial charge in [0.1, 0.15) is 24.3 Å². The fraction of sp³-hybridized carbons (Fsp3) is 0.462. The Labute approximate surface area is 198 Å². The van der Waals surface area contributed by atoms with E-state index >= 15 is 0 Å². The minimum absolute atomic E-state index is 0.0186. The lowest BCUT2D eigenvalue weighted by Gasteiger charge is -2.37. The van der Waals surface area contributed by atoms with Gasteiger partial charge in [-0.05, 0) is 74.1 Å². The molecular weight excluding hydrogens is 439 g/mol. The number of aliphatic hydroxyl groups is 2. The normalized spacial score (nSPS) is 16.4. The van der Waals surface area contributed by atoms with E-state index in [1.807, 2.05) is 38.1 Å². The van der Waals surface area contributed by atoms with Crippen LogP contribution in [0.3, 0.4) is 0 Å². The predicted octanol–water partition coefficient (Wildman–Crippen LogP) is 3.91. The number of aliphatic hydroxyl groups excluding tert-OH is 2. The lowest BCUT2D eigenvalue weighted by Crippen LogP contribution is -2.34. The zero-order chi connectivity index (χ0) is 24.1. The fourth-order valence-corrected chi connectivity index (χ4v) is 4.61. The molecule has 0 aliphatic carbocycles. The SMILES string of the molecule is Cc1cc(-c2noc(CCC3(c4ccc(F)cc4)CCOCC3)n2)cc(C)c1OC[C@@H](O)CO. The van der Waals surface area contributed by atoms with Gasteiger partial charge in [-0.25, -0.2) is 4.39 Å². The van der Waals surface area contributed by atoms with Crippen molar-refractivity contribution in [2.45, 2.75) is 51.0 Å². The summed E-state index contributed by atoms with van der Waals surface area (Å²) >= 11 is 0. The largest absolute Gasteiger partial charge is 0.490 e. The van der Waals surface area contributed by atoms with E-state index in [4.69, 9.17) is 19.1 Å². The zero-order valence-corrected chi connectivity index (χ0v) is 19.6. The van der Waals surface area contributed by atoms with Gasteiger partial charge in [0, 0.05) is 30.6 Å². The Balaban J connectivity index is 1.48. The Morgan fingerprint density at radius 2 is 1.79 bits per heavy atom. The molecule has 2 N–H and O–H groups in total. The number of hydrogen-bond acceptors (Lipinski definition) is 7. The number of halogens is 1. The van der Waals surface area contributed by atoms with E-state index in [1.165, 1.54) is 12.1 Å². The van der Waals surface area contributed by atoms with Crippen LogP contribution in [0.2, 0.25) is 0 Å². The first-order chi connectivity index (χ1) is 16.4. The van der Waals surface area contributed by atoms with Crippen LogP contribution in [0, 0.1) is 19.7 Å². The second-order valence-corrected chi connectivity index (χ2v) is 9.00. The third kappa shape index (κ3) is 5.46. The molecule has 0 radical (unpaired) electrons. The molecule has 1 saturated heterocycles. The topological polar surface area (TPSA) is 97.8 Å². The fourth-order valence-electron chi connectivity index (χ4n) is 4.61. The van der Waals surface area contributed by atoms with Crippen LogP contribution in [0.4, 0.5) is 4.39 Å². The van der Waals surface area contributed by atoms with Gasteiger partial charge >= 0.3 is 0 Å². The van der Waals surface area contributed by atoms with Crippen molar-refractivity contribution in [1.82, 2.24) is 10.1 Å². The van der Waals surface area contributed by atoms with E-state index in [-0.39, 0.29) is 24.4 Å². The van der Waals surface area contributed by atoms with E-state index < -0.39 is 6.10 Å². The summed E-state index contributed by atoms with van der Waals surface area (Å²) < 4.78 is 30.3. The van der Waals surface area contributed by atoms with Gasteiger partial charge in [0.05, 0.1) is 6.61 Å². The Hall–Kier alpha value is -2.81. The van der Waals surface area contributed by atoms with Crippen LogP contribution >= 0.6 is 0 Å². The van der Waals surface area contributed by atoms with Crippen molar-refractivity contribution in [1.29, 1.82) is 0 Å². The van der Waals surface area contributed by atoms with Gasteiger partial charge < -0.3 is 24.2 Å². The third-order valence-electron chi connectivity index (χ3n) is 6.54. The highest BCUT2D eigenvalue weighted by atomic mass is 19.1. The number of aromatic nitrogens is 2. The highest BCUT2D eigenvalue weighted by molar-refractivity contribution is 5.61. The average molecular weight is 471 g/mol. The molecule has 34 heavy (non-hydrogen) atoms. The summed E-state index contributed by atoms with van der Waals surface area (Å²) in [7, 11) is 0. The molecule has 2 aromatic carbocycles. The van der Waals surface area contributed by atoms with Crippen LogP contribution in [-0.2, 0) is 16.6 Å². The molecule has 8 heteroatoms. The molecule has 0 unspecified atom stereocenters. The lowest BCUT2D eigenvalue weighted by atomic mass is 9.71. The van der Waals surface area contributed by atoms with Gasteiger partial charge in [0.15, 0.2) is 0 Å². The Morgan fingerprint density at radius 3 is 2.44 bits per heavy atom. The maximum atomic E-state index is 13.5. The summed E-state index contributed by atoms with van der Waals surface area (Å²) in [5, 5.41) is 22.7. The van der Waals surface area contributed by atoms with E-state index in [2.05, 4.69) is 10.1 Å². The van der Waals surface area contributed by atoms with E-state index in [0.717, 1.165) is 41.5 Å². The molecule has 0 saturated carbocycles. The lowest BCUT2D eigenvalue weighted by molar-refractivity contribution is 0.0461. The molecule has 1 aliphatic rings. The Bertz CT molecular complexity index is 1070. The molecule has 2 heterocycles. The molecule has 0 amide bonds. The molecule has 4 rings (SSSR count). The summed E-state index contributed by atoms with van der Waals surface area (Å²) in [6, 6.07) is 10.6. The summed E-state index contributed by atoms with van der Waals surface area (Å²) in [5.41, 5.74) is 3.59. The quantitative estimate of drug-likeness (QED) is 0.489. The number of ether oxygens (including phenoxy) is 2. The van der Waals surface area contributed by atoms with Crippen LogP contribution in [0.25, 0.3) is 11.4 Å². The number of nitrogens with zero attached hydrogens (tertiary/aromatic N) is 2. The molecule has 1 aliphatic heterocycles. The van der Waals surface area contributed by atoms with Crippen molar-refractivity contribution in [2.75, 3.05) is 26.4 Å². The zero-order valence-electron chi connectivity index (χ0n) is 19.6. The van der Waals surface area contributed by atoms with Gasteiger partial charge in [-0.1, -0.05) is 17.3 Å². The molecule has 0 spiro atoms. The van der Waals surface area contributed by atoms with Crippen LogP contribution in [0.1, 0.15) is 41.8 Å². The second kappa shape index (κ2) is 10.6. The van der Waals surface area contributed by atoms with Crippen molar-refractivity contribution >= 4 is 0 Å². The standard InChI is InChI=1S/C26H31FN2O5/c1-17-13-19(14-18(2)24(17)33-16-22(31)15-30)25-28-23(34-29-25)7-8-26(9-11-32-12-10-26)20-3-5-21(27)6-4-20/h3-6,13-14,22,30-31H,7-12,15-16H2,1-2H3/t22-/m0/s1. The molecule has 1 fully saturated rings. The Kier molecular flexibility index (Phi) is 7.60. The first-order valence-electron chi connectivity index (χ1n) is 11.6.